The molecule has 0 spiro atoms. The van der Waals surface area contributed by atoms with Crippen LogP contribution < -0.4 is 4.90 Å². The summed E-state index contributed by atoms with van der Waals surface area (Å²) in [6.07, 6.45) is 4.83. The molecule has 0 amide bonds. The van der Waals surface area contributed by atoms with Gasteiger partial charge in [0.25, 0.3) is 0 Å². The Morgan fingerprint density at radius 2 is 0.894 bits per heavy atom. The van der Waals surface area contributed by atoms with Crippen molar-refractivity contribution >= 4 is 71.2 Å². The molecule has 13 rings (SSSR count). The van der Waals surface area contributed by atoms with Crippen LogP contribution in [-0.4, -0.2) is 4.57 Å². The van der Waals surface area contributed by atoms with Crippen LogP contribution in [-0.2, 0) is 12.8 Å². The summed E-state index contributed by atoms with van der Waals surface area (Å²) in [4.78, 5) is 2.42. The van der Waals surface area contributed by atoms with E-state index in [0.29, 0.717) is 0 Å². The van der Waals surface area contributed by atoms with Gasteiger partial charge in [0.2, 0.25) is 0 Å². The highest BCUT2D eigenvalue weighted by atomic mass is 15.1. The fourth-order valence-electron chi connectivity index (χ4n) is 11.1. The Labute approximate surface area is 385 Å². The van der Waals surface area contributed by atoms with Gasteiger partial charge in [-0.2, -0.15) is 0 Å². The van der Waals surface area contributed by atoms with Crippen molar-refractivity contribution in [3.05, 3.63) is 242 Å². The van der Waals surface area contributed by atoms with E-state index < -0.39 is 0 Å². The molecule has 12 aromatic rings. The largest absolute Gasteiger partial charge is 0.310 e. The average Bonchev–Trinajstić information content (AvgIpc) is 3.72. The second-order valence-corrected chi connectivity index (χ2v) is 17.9. The summed E-state index contributed by atoms with van der Waals surface area (Å²) in [5.74, 6) is 0. The van der Waals surface area contributed by atoms with Crippen molar-refractivity contribution in [3.63, 3.8) is 0 Å². The Balaban J connectivity index is 0.972. The Kier molecular flexibility index (Phi) is 9.16. The highest BCUT2D eigenvalue weighted by molar-refractivity contribution is 6.21. The van der Waals surface area contributed by atoms with Crippen molar-refractivity contribution in [2.45, 2.75) is 25.7 Å². The molecule has 1 aliphatic rings. The third-order valence-corrected chi connectivity index (χ3v) is 14.1. The smallest absolute Gasteiger partial charge is 0.0542 e. The molecule has 1 heterocycles. The zero-order valence-electron chi connectivity index (χ0n) is 36.7. The van der Waals surface area contributed by atoms with Crippen LogP contribution in [0, 0.1) is 0 Å². The Bertz CT molecular complexity index is 3750. The van der Waals surface area contributed by atoms with Gasteiger partial charge in [0, 0.05) is 33.5 Å². The standard InChI is InChI=1S/C64H46N2/c1-2-19-49(20-3-1)66-61-28-13-12-22-54(61)60-42-52(39-40-62(60)66)65(50-35-31-44(32-36-50)48-30-29-43-15-4-5-17-47(43)41-48)51-37-33-46(34-38-51)63-56-23-8-10-25-58(56)64(59-26-11-9-24-57(59)63)55-27-14-18-45-16-6-7-21-53(45)55/h1-5,8-15,17-20,22-42H,6-7,16,21H2. The Hall–Kier alpha value is -8.20. The molecule has 0 saturated heterocycles. The molecular formula is C64H46N2. The first-order valence-corrected chi connectivity index (χ1v) is 23.4. The van der Waals surface area contributed by atoms with Gasteiger partial charge in [0.1, 0.15) is 0 Å². The van der Waals surface area contributed by atoms with Gasteiger partial charge in [-0.15, -0.1) is 0 Å². The van der Waals surface area contributed by atoms with Crippen LogP contribution in [0.4, 0.5) is 17.1 Å². The monoisotopic (exact) mass is 842 g/mol. The second kappa shape index (κ2) is 15.8. The topological polar surface area (TPSA) is 8.17 Å². The van der Waals surface area contributed by atoms with Gasteiger partial charge in [0.05, 0.1) is 11.0 Å². The molecule has 0 fully saturated rings. The number of hydrogen-bond donors (Lipinski definition) is 0. The molecule has 312 valence electrons. The maximum Gasteiger partial charge on any atom is 0.0542 e. The van der Waals surface area contributed by atoms with Crippen molar-refractivity contribution < 1.29 is 0 Å². The summed E-state index contributed by atoms with van der Waals surface area (Å²) in [7, 11) is 0. The second-order valence-electron chi connectivity index (χ2n) is 17.9. The number of hydrogen-bond acceptors (Lipinski definition) is 1. The molecule has 1 aliphatic carbocycles. The van der Waals surface area contributed by atoms with E-state index in [1.165, 1.54) is 118 Å². The lowest BCUT2D eigenvalue weighted by atomic mass is 9.81. The van der Waals surface area contributed by atoms with Crippen LogP contribution in [0.15, 0.2) is 231 Å². The van der Waals surface area contributed by atoms with Crippen molar-refractivity contribution in [3.8, 4) is 39.1 Å². The predicted molar refractivity (Wildman–Crippen MR) is 281 cm³/mol. The molecule has 2 nitrogen and oxygen atoms in total. The minimum absolute atomic E-state index is 1.10. The minimum atomic E-state index is 1.10. The number of aryl methyl sites for hydroxylation is 1. The van der Waals surface area contributed by atoms with Crippen molar-refractivity contribution in [1.82, 2.24) is 4.57 Å². The SMILES string of the molecule is c1ccc(-n2c3ccccc3c3cc(N(c4ccc(-c5ccc6ccccc6c5)cc4)c4ccc(-c5c6ccccc6c(-c6cccc7c6CCCC7)c6ccccc56)cc4)ccc32)cc1. The van der Waals surface area contributed by atoms with E-state index >= 15 is 0 Å². The number of aromatic nitrogens is 1. The first-order chi connectivity index (χ1) is 32.7. The summed E-state index contributed by atoms with van der Waals surface area (Å²) in [6, 6.07) is 85.3. The maximum absolute atomic E-state index is 2.42. The van der Waals surface area contributed by atoms with Gasteiger partial charge in [-0.3, -0.25) is 0 Å². The van der Waals surface area contributed by atoms with E-state index in [2.05, 4.69) is 240 Å². The van der Waals surface area contributed by atoms with E-state index in [4.69, 9.17) is 0 Å². The predicted octanol–water partition coefficient (Wildman–Crippen LogP) is 17.6. The fraction of sp³-hybridized carbons (Fsp3) is 0.0625. The number of fused-ring (bicyclic) bond motifs is 7. The molecule has 0 unspecified atom stereocenters. The number of rotatable bonds is 7. The third-order valence-electron chi connectivity index (χ3n) is 14.1. The van der Waals surface area contributed by atoms with Gasteiger partial charge in [-0.05, 0) is 169 Å². The Morgan fingerprint density at radius 3 is 1.62 bits per heavy atom. The van der Waals surface area contributed by atoms with E-state index in [0.717, 1.165) is 29.2 Å². The molecule has 2 heteroatoms. The van der Waals surface area contributed by atoms with Gasteiger partial charge >= 0.3 is 0 Å². The summed E-state index contributed by atoms with van der Waals surface area (Å²) in [5.41, 5.74) is 17.6. The van der Waals surface area contributed by atoms with Gasteiger partial charge < -0.3 is 9.47 Å². The number of anilines is 3. The van der Waals surface area contributed by atoms with Gasteiger partial charge in [-0.25, -0.2) is 0 Å². The molecule has 11 aromatic carbocycles. The van der Waals surface area contributed by atoms with Gasteiger partial charge in [-0.1, -0.05) is 164 Å². The highest BCUT2D eigenvalue weighted by Crippen LogP contribution is 2.47. The lowest BCUT2D eigenvalue weighted by Gasteiger charge is -2.26. The fourth-order valence-corrected chi connectivity index (χ4v) is 11.1. The summed E-state index contributed by atoms with van der Waals surface area (Å²) in [5, 5.41) is 10.1. The van der Waals surface area contributed by atoms with Crippen LogP contribution in [0.5, 0.6) is 0 Å². The normalized spacial score (nSPS) is 12.6. The maximum atomic E-state index is 2.42. The molecule has 0 atom stereocenters. The third kappa shape index (κ3) is 6.32. The average molecular weight is 843 g/mol. The highest BCUT2D eigenvalue weighted by Gasteiger charge is 2.22. The molecule has 66 heavy (non-hydrogen) atoms. The zero-order chi connectivity index (χ0) is 43.6. The molecule has 0 N–H and O–H groups in total. The molecular weight excluding hydrogens is 797 g/mol. The molecule has 0 aliphatic heterocycles. The number of para-hydroxylation sites is 2. The van der Waals surface area contributed by atoms with E-state index in [9.17, 15) is 0 Å². The molecule has 1 aromatic heterocycles. The summed E-state index contributed by atoms with van der Waals surface area (Å²) in [6.45, 7) is 0. The van der Waals surface area contributed by atoms with Crippen molar-refractivity contribution in [2.24, 2.45) is 0 Å². The number of benzene rings is 11. The first-order valence-electron chi connectivity index (χ1n) is 23.4. The van der Waals surface area contributed by atoms with Crippen LogP contribution >= 0.6 is 0 Å². The lowest BCUT2D eigenvalue weighted by molar-refractivity contribution is 0.687. The van der Waals surface area contributed by atoms with Crippen LogP contribution in [0.2, 0.25) is 0 Å². The summed E-state index contributed by atoms with van der Waals surface area (Å²) < 4.78 is 2.39. The molecule has 0 radical (unpaired) electrons. The zero-order valence-corrected chi connectivity index (χ0v) is 36.7. The molecule has 0 bridgehead atoms. The van der Waals surface area contributed by atoms with Crippen LogP contribution in [0.3, 0.4) is 0 Å². The van der Waals surface area contributed by atoms with Gasteiger partial charge in [0.15, 0.2) is 0 Å². The number of nitrogens with zero attached hydrogens (tertiary/aromatic N) is 2. The van der Waals surface area contributed by atoms with E-state index in [1.54, 1.807) is 0 Å². The minimum Gasteiger partial charge on any atom is -0.310 e. The quantitative estimate of drug-likeness (QED) is 0.145. The van der Waals surface area contributed by atoms with Crippen LogP contribution in [0.1, 0.15) is 24.0 Å². The Morgan fingerprint density at radius 1 is 0.333 bits per heavy atom. The van der Waals surface area contributed by atoms with E-state index in [1.807, 2.05) is 0 Å². The van der Waals surface area contributed by atoms with Crippen molar-refractivity contribution in [2.75, 3.05) is 4.90 Å². The molecule has 0 saturated carbocycles. The van der Waals surface area contributed by atoms with Crippen LogP contribution in [0.25, 0.3) is 93.2 Å². The van der Waals surface area contributed by atoms with E-state index in [-0.39, 0.29) is 0 Å². The summed E-state index contributed by atoms with van der Waals surface area (Å²) >= 11 is 0. The lowest BCUT2D eigenvalue weighted by Crippen LogP contribution is -2.10. The first kappa shape index (κ1) is 38.3. The van der Waals surface area contributed by atoms with Crippen molar-refractivity contribution in [1.29, 1.82) is 0 Å².